The smallest absolute Gasteiger partial charge is 0.222 e. The summed E-state index contributed by atoms with van der Waals surface area (Å²) in [6, 6.07) is 8.64. The summed E-state index contributed by atoms with van der Waals surface area (Å²) < 4.78 is 5.19. The van der Waals surface area contributed by atoms with E-state index in [4.69, 9.17) is 9.72 Å². The number of pyridine rings is 2. The molecule has 4 heterocycles. The minimum atomic E-state index is -0.362. The second-order valence-corrected chi connectivity index (χ2v) is 9.49. The number of amides is 1. The van der Waals surface area contributed by atoms with Gasteiger partial charge in [0.2, 0.25) is 5.91 Å². The van der Waals surface area contributed by atoms with E-state index in [-0.39, 0.29) is 16.7 Å². The Labute approximate surface area is 188 Å². The van der Waals surface area contributed by atoms with E-state index in [1.807, 2.05) is 12.3 Å². The number of carbonyl (C=O) groups excluding carboxylic acids is 1. The molecule has 8 nitrogen and oxygen atoms in total. The van der Waals surface area contributed by atoms with Crippen LogP contribution >= 0.6 is 0 Å². The molecular formula is C24H28N6O2. The largest absolute Gasteiger partial charge is 0.385 e. The van der Waals surface area contributed by atoms with E-state index in [1.165, 1.54) is 12.5 Å². The predicted octanol–water partition coefficient (Wildman–Crippen LogP) is 3.29. The summed E-state index contributed by atoms with van der Waals surface area (Å²) in [5.74, 6) is 2.23. The van der Waals surface area contributed by atoms with E-state index in [2.05, 4.69) is 45.2 Å². The zero-order valence-electron chi connectivity index (χ0n) is 18.8. The molecule has 166 valence electrons. The van der Waals surface area contributed by atoms with Crippen LogP contribution in [-0.2, 0) is 14.9 Å². The van der Waals surface area contributed by atoms with Gasteiger partial charge in [0.1, 0.15) is 17.5 Å². The third kappa shape index (κ3) is 3.47. The van der Waals surface area contributed by atoms with E-state index < -0.39 is 0 Å². The highest BCUT2D eigenvalue weighted by atomic mass is 16.5. The maximum atomic E-state index is 11.5. The molecule has 1 spiro atoms. The fraction of sp³-hybridized carbons (Fsp3) is 0.500. The Morgan fingerprint density at radius 2 is 2.00 bits per heavy atom. The molecule has 1 saturated carbocycles. The first kappa shape index (κ1) is 20.7. The lowest BCUT2D eigenvalue weighted by molar-refractivity contribution is -0.114. The van der Waals surface area contributed by atoms with E-state index >= 15 is 0 Å². The van der Waals surface area contributed by atoms with Crippen molar-refractivity contribution in [3.05, 3.63) is 35.5 Å². The lowest BCUT2D eigenvalue weighted by atomic mass is 9.78. The summed E-state index contributed by atoms with van der Waals surface area (Å²) >= 11 is 0. The lowest BCUT2D eigenvalue weighted by Gasteiger charge is -2.46. The molecule has 0 radical (unpaired) electrons. The minimum Gasteiger partial charge on any atom is -0.385 e. The summed E-state index contributed by atoms with van der Waals surface area (Å²) in [5, 5.41) is 12.5. The summed E-state index contributed by atoms with van der Waals surface area (Å²) in [5.41, 5.74) is 3.23. The number of ether oxygens (including phenoxy) is 1. The van der Waals surface area contributed by atoms with Crippen molar-refractivity contribution < 1.29 is 9.53 Å². The average Bonchev–Trinajstić information content (AvgIpc) is 3.43. The molecule has 1 aliphatic carbocycles. The van der Waals surface area contributed by atoms with Crippen LogP contribution in [0, 0.1) is 23.7 Å². The molecule has 0 unspecified atom stereocenters. The van der Waals surface area contributed by atoms with Crippen LogP contribution < -0.4 is 15.1 Å². The van der Waals surface area contributed by atoms with Gasteiger partial charge in [-0.15, -0.1) is 0 Å². The fourth-order valence-electron chi connectivity index (χ4n) is 4.94. The second-order valence-electron chi connectivity index (χ2n) is 9.49. The maximum Gasteiger partial charge on any atom is 0.222 e. The summed E-state index contributed by atoms with van der Waals surface area (Å²) in [7, 11) is 1.67. The third-order valence-electron chi connectivity index (χ3n) is 6.91. The van der Waals surface area contributed by atoms with Gasteiger partial charge in [-0.3, -0.25) is 4.79 Å². The van der Waals surface area contributed by atoms with Crippen molar-refractivity contribution in [2.45, 2.75) is 38.5 Å². The van der Waals surface area contributed by atoms with Crippen LogP contribution in [0.5, 0.6) is 0 Å². The number of methoxy groups -OCH3 is 1. The zero-order valence-corrected chi connectivity index (χ0v) is 18.8. The minimum absolute atomic E-state index is 0.133. The van der Waals surface area contributed by atoms with E-state index in [0.717, 1.165) is 48.7 Å². The Balaban J connectivity index is 1.44. The number of nitrogens with zero attached hydrogens (tertiary/aromatic N) is 5. The van der Waals surface area contributed by atoms with E-state index in [9.17, 15) is 10.1 Å². The molecule has 2 aliphatic heterocycles. The first-order valence-electron chi connectivity index (χ1n) is 11.1. The molecular weight excluding hydrogens is 404 g/mol. The van der Waals surface area contributed by atoms with E-state index in [1.54, 1.807) is 7.11 Å². The van der Waals surface area contributed by atoms with Gasteiger partial charge in [0, 0.05) is 63.5 Å². The first-order chi connectivity index (χ1) is 15.4. The highest BCUT2D eigenvalue weighted by molar-refractivity contribution is 5.89. The van der Waals surface area contributed by atoms with Crippen molar-refractivity contribution in [3.63, 3.8) is 0 Å². The lowest BCUT2D eigenvalue weighted by Crippen LogP contribution is -2.56. The third-order valence-corrected chi connectivity index (χ3v) is 6.91. The van der Waals surface area contributed by atoms with Crippen LogP contribution in [-0.4, -0.2) is 49.2 Å². The van der Waals surface area contributed by atoms with Crippen LogP contribution in [0.25, 0.3) is 0 Å². The molecule has 1 saturated heterocycles. The van der Waals surface area contributed by atoms with E-state index in [0.29, 0.717) is 25.5 Å². The average molecular weight is 433 g/mol. The number of rotatable bonds is 6. The van der Waals surface area contributed by atoms with Crippen molar-refractivity contribution in [3.8, 4) is 6.07 Å². The van der Waals surface area contributed by atoms with Crippen LogP contribution in [0.3, 0.4) is 0 Å². The fourth-order valence-corrected chi connectivity index (χ4v) is 4.94. The topological polar surface area (TPSA) is 94.4 Å². The Bertz CT molecular complexity index is 1110. The molecule has 32 heavy (non-hydrogen) atoms. The SMILES string of the molecule is COCCC1(C#N)CN(c2cc(C)cc(N3CC4(CC4)c4cnc(NC(C)=O)cc43)n2)C1. The van der Waals surface area contributed by atoms with Gasteiger partial charge < -0.3 is 19.9 Å². The van der Waals surface area contributed by atoms with Gasteiger partial charge in [0.15, 0.2) is 0 Å². The van der Waals surface area contributed by atoms with Crippen molar-refractivity contribution in [2.24, 2.45) is 5.41 Å². The maximum absolute atomic E-state index is 11.5. The quantitative estimate of drug-likeness (QED) is 0.748. The number of aryl methyl sites for hydroxylation is 1. The Morgan fingerprint density at radius 1 is 1.25 bits per heavy atom. The first-order valence-corrected chi connectivity index (χ1v) is 11.1. The molecule has 1 N–H and O–H groups in total. The molecule has 2 fully saturated rings. The van der Waals surface area contributed by atoms with Crippen molar-refractivity contribution in [1.82, 2.24) is 9.97 Å². The van der Waals surface area contributed by atoms with Crippen LogP contribution in [0.1, 0.15) is 37.3 Å². The molecule has 0 bridgehead atoms. The van der Waals surface area contributed by atoms with Gasteiger partial charge >= 0.3 is 0 Å². The monoisotopic (exact) mass is 432 g/mol. The Hall–Kier alpha value is -3.18. The van der Waals surface area contributed by atoms with Gasteiger partial charge in [0.25, 0.3) is 0 Å². The van der Waals surface area contributed by atoms with Crippen LogP contribution in [0.4, 0.5) is 23.1 Å². The Kier molecular flexibility index (Phi) is 4.82. The summed E-state index contributed by atoms with van der Waals surface area (Å²) in [6.45, 7) is 6.37. The number of hydrogen-bond donors (Lipinski definition) is 1. The highest BCUT2D eigenvalue weighted by Crippen LogP contribution is 2.58. The number of carbonyl (C=O) groups is 1. The normalized spacial score (nSPS) is 19.3. The number of aromatic nitrogens is 2. The number of nitriles is 1. The molecule has 1 amide bonds. The summed E-state index contributed by atoms with van der Waals surface area (Å²) in [4.78, 5) is 25.4. The van der Waals surface area contributed by atoms with Crippen molar-refractivity contribution >= 4 is 29.0 Å². The molecule has 3 aliphatic rings. The number of anilines is 4. The highest BCUT2D eigenvalue weighted by Gasteiger charge is 2.53. The van der Waals surface area contributed by atoms with Crippen molar-refractivity contribution in [1.29, 1.82) is 5.26 Å². The molecule has 2 aromatic rings. The Morgan fingerprint density at radius 3 is 2.66 bits per heavy atom. The number of fused-ring (bicyclic) bond motifs is 2. The standard InChI is InChI=1S/C24H28N6O2/c1-16-8-21(29-13-23(12-25,14-29)6-7-32-3)28-22(9-16)30-15-24(4-5-24)18-11-26-20(10-19(18)30)27-17(2)31/h8-11H,4-7,13-15H2,1-3H3,(H,26,27,31). The molecule has 5 rings (SSSR count). The second kappa shape index (κ2) is 7.45. The number of hydrogen-bond acceptors (Lipinski definition) is 7. The van der Waals surface area contributed by atoms with Gasteiger partial charge in [0.05, 0.1) is 17.2 Å². The van der Waals surface area contributed by atoms with Gasteiger partial charge in [-0.2, -0.15) is 5.26 Å². The zero-order chi connectivity index (χ0) is 22.5. The molecule has 0 atom stereocenters. The predicted molar refractivity (Wildman–Crippen MR) is 122 cm³/mol. The molecule has 0 aromatic carbocycles. The molecule has 2 aromatic heterocycles. The number of nitrogens with one attached hydrogen (secondary N) is 1. The molecule has 8 heteroatoms. The summed E-state index contributed by atoms with van der Waals surface area (Å²) in [6.07, 6.45) is 4.94. The van der Waals surface area contributed by atoms with Crippen molar-refractivity contribution in [2.75, 3.05) is 48.5 Å². The van der Waals surface area contributed by atoms with Gasteiger partial charge in [-0.1, -0.05) is 0 Å². The van der Waals surface area contributed by atoms with Gasteiger partial charge in [-0.25, -0.2) is 9.97 Å². The van der Waals surface area contributed by atoms with Crippen LogP contribution in [0.2, 0.25) is 0 Å². The van der Waals surface area contributed by atoms with Crippen LogP contribution in [0.15, 0.2) is 24.4 Å². The van der Waals surface area contributed by atoms with Gasteiger partial charge in [-0.05, 0) is 43.9 Å².